The van der Waals surface area contributed by atoms with Crippen molar-refractivity contribution in [2.24, 2.45) is 70.1 Å². The molecule has 0 aromatic heterocycles. The zero-order valence-corrected chi connectivity index (χ0v) is 46.6. The van der Waals surface area contributed by atoms with Gasteiger partial charge in [0.1, 0.15) is 0 Å². The van der Waals surface area contributed by atoms with Gasteiger partial charge < -0.3 is 97.6 Å². The van der Waals surface area contributed by atoms with Gasteiger partial charge in [0.25, 0.3) is 0 Å². The monoisotopic (exact) mass is 1110 g/mol. The summed E-state index contributed by atoms with van der Waals surface area (Å²) >= 11 is 0. The second-order valence-electron chi connectivity index (χ2n) is 17.9. The fourth-order valence-electron chi connectivity index (χ4n) is 7.52. The Balaban J connectivity index is 0.000000196. The van der Waals surface area contributed by atoms with Crippen LogP contribution in [0.3, 0.4) is 0 Å². The van der Waals surface area contributed by atoms with Crippen molar-refractivity contribution in [3.63, 3.8) is 0 Å². The highest BCUT2D eigenvalue weighted by atomic mass is 16.7. The molecule has 0 unspecified atom stereocenters. The molecule has 28 nitrogen and oxygen atoms in total. The molecule has 4 aliphatic heterocycles. The van der Waals surface area contributed by atoms with Crippen LogP contribution in [0.1, 0.15) is 22.3 Å². The lowest BCUT2D eigenvalue weighted by atomic mass is 10.1. The number of nitrogens with zero attached hydrogens (tertiary/aromatic N) is 11. The van der Waals surface area contributed by atoms with Gasteiger partial charge in [-0.05, 0) is 66.6 Å². The summed E-state index contributed by atoms with van der Waals surface area (Å²) in [4.78, 5) is 32.3. The smallest absolute Gasteiger partial charge is 0.231 e. The van der Waals surface area contributed by atoms with Crippen LogP contribution in [0.15, 0.2) is 103 Å². The van der Waals surface area contributed by atoms with Crippen molar-refractivity contribution in [3.8, 4) is 46.0 Å². The molecule has 4 aromatic rings. The highest BCUT2D eigenvalue weighted by Gasteiger charge is 2.21. The van der Waals surface area contributed by atoms with Gasteiger partial charge >= 0.3 is 0 Å². The topological polar surface area (TPSA) is 394 Å². The Labute approximate surface area is 466 Å². The van der Waals surface area contributed by atoms with E-state index >= 15 is 0 Å². The SMILES string of the molecule is CN(C)C(N)=NC(N)=NCCc1cccc2c1OCO2.CN(CCc1cccc2c1OCO2)C(=N)N(C)C(=N)N.CN=C(N)N=C(N)N(C)CCc1cccc2c1OCO2.CN=C(N=C(N)N)N(C)CCc1cccc2c1OCO2. The third-order valence-electron chi connectivity index (χ3n) is 12.1. The van der Waals surface area contributed by atoms with E-state index in [9.17, 15) is 0 Å². The number of guanidine groups is 8. The summed E-state index contributed by atoms with van der Waals surface area (Å²) in [6.45, 7) is 3.60. The fraction of sp³-hybridized carbons (Fsp3) is 0.385. The largest absolute Gasteiger partial charge is 0.454 e. The van der Waals surface area contributed by atoms with Crippen LogP contribution in [-0.4, -0.2) is 182 Å². The Kier molecular flexibility index (Phi) is 23.1. The number of benzene rings is 4. The Morgan fingerprint density at radius 1 is 0.463 bits per heavy atom. The van der Waals surface area contributed by atoms with Gasteiger partial charge in [0.05, 0.1) is 0 Å². The maximum atomic E-state index is 7.93. The number of para-hydroxylation sites is 4. The summed E-state index contributed by atoms with van der Waals surface area (Å²) in [5.74, 6) is 7.82. The molecule has 0 spiro atoms. The Hall–Kier alpha value is -9.76. The van der Waals surface area contributed by atoms with Gasteiger partial charge in [-0.1, -0.05) is 48.5 Å². The van der Waals surface area contributed by atoms with E-state index in [0.29, 0.717) is 50.5 Å². The first-order chi connectivity index (χ1) is 38.3. The molecule has 4 aromatic carbocycles. The van der Waals surface area contributed by atoms with E-state index in [2.05, 4.69) is 30.0 Å². The summed E-state index contributed by atoms with van der Waals surface area (Å²) in [6.07, 6.45) is 2.96. The minimum Gasteiger partial charge on any atom is -0.454 e. The zero-order valence-electron chi connectivity index (χ0n) is 46.6. The van der Waals surface area contributed by atoms with E-state index < -0.39 is 0 Å². The molecule has 432 valence electrons. The summed E-state index contributed by atoms with van der Waals surface area (Å²) < 4.78 is 43.2. The van der Waals surface area contributed by atoms with Gasteiger partial charge in [-0.15, -0.1) is 0 Å². The van der Waals surface area contributed by atoms with Crippen molar-refractivity contribution in [1.29, 1.82) is 10.8 Å². The number of hydrogen-bond acceptors (Lipinski definition) is 13. The minimum absolute atomic E-state index is 0.00483. The third-order valence-corrected chi connectivity index (χ3v) is 12.1. The number of rotatable bonds is 12. The van der Waals surface area contributed by atoms with Crippen LogP contribution < -0.4 is 78.0 Å². The lowest BCUT2D eigenvalue weighted by Gasteiger charge is -2.26. The molecule has 0 fully saturated rings. The molecule has 0 bridgehead atoms. The van der Waals surface area contributed by atoms with Crippen LogP contribution in [0.5, 0.6) is 46.0 Å². The lowest BCUT2D eigenvalue weighted by molar-refractivity contribution is 0.173. The second kappa shape index (κ2) is 30.3. The van der Waals surface area contributed by atoms with E-state index in [0.717, 1.165) is 87.5 Å². The van der Waals surface area contributed by atoms with Crippen molar-refractivity contribution < 1.29 is 37.9 Å². The molecule has 0 radical (unpaired) electrons. The number of hydrogen-bond donors (Lipinski definition) is 9. The van der Waals surface area contributed by atoms with Gasteiger partial charge in [0, 0.05) is 88.1 Å². The first-order valence-electron chi connectivity index (χ1n) is 25.1. The molecule has 80 heavy (non-hydrogen) atoms. The second-order valence-corrected chi connectivity index (χ2v) is 17.9. The molecule has 0 aliphatic carbocycles. The van der Waals surface area contributed by atoms with Crippen LogP contribution in [0.2, 0.25) is 0 Å². The molecular formula is C52H76N20O8. The number of nitrogens with one attached hydrogen (secondary N) is 2. The lowest BCUT2D eigenvalue weighted by Crippen LogP contribution is -2.46. The normalized spacial score (nSPS) is 13.6. The predicted octanol–water partition coefficient (Wildman–Crippen LogP) is 1.10. The summed E-state index contributed by atoms with van der Waals surface area (Å²) in [5.41, 5.74) is 43.0. The van der Waals surface area contributed by atoms with E-state index in [1.165, 1.54) is 4.90 Å². The van der Waals surface area contributed by atoms with Crippen LogP contribution in [-0.2, 0) is 25.7 Å². The third kappa shape index (κ3) is 17.9. The quantitative estimate of drug-likeness (QED) is 0.0708. The Morgan fingerprint density at radius 3 is 1.23 bits per heavy atom. The van der Waals surface area contributed by atoms with Gasteiger partial charge in [0.2, 0.25) is 45.1 Å². The summed E-state index contributed by atoms with van der Waals surface area (Å²) in [7, 11) is 13.9. The molecule has 8 rings (SSSR count). The van der Waals surface area contributed by atoms with E-state index in [-0.39, 0.29) is 57.0 Å². The Bertz CT molecular complexity index is 2930. The predicted molar refractivity (Wildman–Crippen MR) is 311 cm³/mol. The summed E-state index contributed by atoms with van der Waals surface area (Å²) in [5, 5.41) is 15.2. The minimum atomic E-state index is -0.154. The highest BCUT2D eigenvalue weighted by Crippen LogP contribution is 2.38. The maximum absolute atomic E-state index is 7.93. The molecule has 0 saturated carbocycles. The van der Waals surface area contributed by atoms with E-state index in [1.54, 1.807) is 52.1 Å². The molecule has 0 amide bonds. The average Bonchev–Trinajstić information content (AvgIpc) is 4.33. The zero-order chi connectivity index (χ0) is 58.3. The number of fused-ring (bicyclic) bond motifs is 4. The molecule has 0 atom stereocenters. The number of likely N-dealkylation sites (N-methyl/N-ethyl adjacent to an activating group) is 3. The number of nitrogens with two attached hydrogens (primary N) is 7. The van der Waals surface area contributed by atoms with Crippen molar-refractivity contribution in [2.75, 3.05) is 110 Å². The first-order valence-corrected chi connectivity index (χ1v) is 25.1. The van der Waals surface area contributed by atoms with Crippen molar-refractivity contribution in [3.05, 3.63) is 95.1 Å². The average molecular weight is 1110 g/mol. The molecule has 0 saturated heterocycles. The fourth-order valence-corrected chi connectivity index (χ4v) is 7.52. The molecule has 4 heterocycles. The van der Waals surface area contributed by atoms with Gasteiger partial charge in [-0.2, -0.15) is 15.0 Å². The first kappa shape index (κ1) is 61.1. The van der Waals surface area contributed by atoms with Gasteiger partial charge in [-0.25, -0.2) is 0 Å². The van der Waals surface area contributed by atoms with Crippen molar-refractivity contribution in [2.45, 2.75) is 25.7 Å². The van der Waals surface area contributed by atoms with Crippen LogP contribution in [0.4, 0.5) is 0 Å². The summed E-state index contributed by atoms with van der Waals surface area (Å²) in [6, 6.07) is 23.3. The van der Waals surface area contributed by atoms with Crippen LogP contribution >= 0.6 is 0 Å². The van der Waals surface area contributed by atoms with Crippen molar-refractivity contribution >= 4 is 47.7 Å². The van der Waals surface area contributed by atoms with E-state index in [4.69, 9.17) is 88.8 Å². The number of ether oxygens (including phenoxy) is 8. The molecule has 4 aliphatic rings. The van der Waals surface area contributed by atoms with Gasteiger partial charge in [-0.3, -0.25) is 30.7 Å². The Morgan fingerprint density at radius 2 is 0.850 bits per heavy atom. The molecule has 16 N–H and O–H groups in total. The highest BCUT2D eigenvalue weighted by molar-refractivity contribution is 5.95. The maximum Gasteiger partial charge on any atom is 0.231 e. The standard InChI is InChI=1S/4C13H19N5O2/c1-18(2)13(15)17-12(14)16-7-6-9-4-3-5-10-11(9)20-8-19-10;1-16-12(14)17-13(15)18(2)7-6-9-4-3-5-10-11(9)20-8-19-10;1-17(13(16)18(2)12(14)15)7-6-9-4-3-5-10-11(9)20-8-19-10;1-16-13(17-12(14)15)18(2)7-6-9-4-3-5-10-11(9)20-8-19-10/h2*3-5H,6-8H2,1-2H3,(H4,14,15,16,17);3-5,16H,6-8H2,1-2H3,(H3,14,15);3-5H,6-8H2,1-2H3,(H4,14,15,16,17). The molecule has 28 heteroatoms. The van der Waals surface area contributed by atoms with E-state index in [1.807, 2.05) is 96.7 Å². The molecular weight excluding hydrogens is 1030 g/mol. The van der Waals surface area contributed by atoms with Crippen LogP contribution in [0.25, 0.3) is 0 Å². The van der Waals surface area contributed by atoms with Crippen LogP contribution in [0, 0.1) is 10.8 Å². The number of aliphatic imine (C=N–C) groups is 6. The van der Waals surface area contributed by atoms with Gasteiger partial charge in [0.15, 0.2) is 75.8 Å². The van der Waals surface area contributed by atoms with Crippen molar-refractivity contribution in [1.82, 2.24) is 24.5 Å².